The van der Waals surface area contributed by atoms with Gasteiger partial charge in [0.15, 0.2) is 11.3 Å². The molecule has 0 saturated carbocycles. The van der Waals surface area contributed by atoms with Crippen LogP contribution < -0.4 is 4.74 Å². The number of ether oxygens (including phenoxy) is 1. The minimum Gasteiger partial charge on any atom is -0.452 e. The number of fused-ring (bicyclic) bond motifs is 3. The van der Waals surface area contributed by atoms with Gasteiger partial charge in [-0.1, -0.05) is 32.3 Å². The van der Waals surface area contributed by atoms with Crippen molar-refractivity contribution in [3.05, 3.63) is 36.2 Å². The Labute approximate surface area is 167 Å². The molecule has 0 aliphatic carbocycles. The monoisotopic (exact) mass is 402 g/mol. The van der Waals surface area contributed by atoms with Crippen molar-refractivity contribution in [2.45, 2.75) is 51.6 Å². The van der Waals surface area contributed by atoms with Gasteiger partial charge < -0.3 is 14.1 Å². The van der Waals surface area contributed by atoms with Crippen molar-refractivity contribution < 1.29 is 22.7 Å². The number of carbonyl (C=O) groups excluding carboxylic acids is 1. The minimum absolute atomic E-state index is 0.00399. The highest BCUT2D eigenvalue weighted by Crippen LogP contribution is 2.42. The first-order valence-electron chi connectivity index (χ1n) is 10.1. The Hall–Kier alpha value is -2.70. The molecule has 3 aromatic rings. The number of furan rings is 1. The van der Waals surface area contributed by atoms with E-state index in [1.54, 1.807) is 24.5 Å². The third kappa shape index (κ3) is 3.91. The Bertz CT molecular complexity index is 1020. The zero-order chi connectivity index (χ0) is 20.4. The van der Waals surface area contributed by atoms with Gasteiger partial charge >= 0.3 is 6.61 Å². The molecule has 1 atom stereocenters. The molecule has 1 aliphatic rings. The highest BCUT2D eigenvalue weighted by atomic mass is 19.3. The largest absolute Gasteiger partial charge is 0.452 e. The summed E-state index contributed by atoms with van der Waals surface area (Å²) in [6.07, 6.45) is 8.11. The SMILES string of the molecule is CCCCCCN1CC(c2ccc(OC(F)F)c3oc4ccncc4c23)CC1=O. The van der Waals surface area contributed by atoms with Crippen LogP contribution in [0.15, 0.2) is 35.0 Å². The van der Waals surface area contributed by atoms with Crippen LogP contribution in [0.4, 0.5) is 8.78 Å². The van der Waals surface area contributed by atoms with E-state index in [0.29, 0.717) is 23.9 Å². The summed E-state index contributed by atoms with van der Waals surface area (Å²) in [7, 11) is 0. The smallest absolute Gasteiger partial charge is 0.387 e. The van der Waals surface area contributed by atoms with E-state index in [1.807, 2.05) is 4.90 Å². The molecule has 2 aromatic heterocycles. The molecule has 1 amide bonds. The number of nitrogens with zero attached hydrogens (tertiary/aromatic N) is 2. The number of pyridine rings is 1. The molecule has 5 nitrogen and oxygen atoms in total. The quantitative estimate of drug-likeness (QED) is 0.468. The predicted octanol–water partition coefficient (Wildman–Crippen LogP) is 5.48. The van der Waals surface area contributed by atoms with Crippen molar-refractivity contribution in [2.75, 3.05) is 13.1 Å². The Morgan fingerprint density at radius 1 is 1.28 bits per heavy atom. The van der Waals surface area contributed by atoms with E-state index < -0.39 is 6.61 Å². The molecule has 1 aromatic carbocycles. The van der Waals surface area contributed by atoms with Crippen LogP contribution in [0.25, 0.3) is 21.9 Å². The Morgan fingerprint density at radius 3 is 2.93 bits per heavy atom. The maximum absolute atomic E-state index is 12.9. The fourth-order valence-corrected chi connectivity index (χ4v) is 4.18. The first-order chi connectivity index (χ1) is 14.1. The van der Waals surface area contributed by atoms with E-state index in [2.05, 4.69) is 16.6 Å². The molecule has 29 heavy (non-hydrogen) atoms. The van der Waals surface area contributed by atoms with Gasteiger partial charge in [0.1, 0.15) is 5.58 Å². The van der Waals surface area contributed by atoms with Crippen LogP contribution in [0.5, 0.6) is 5.75 Å². The van der Waals surface area contributed by atoms with Gasteiger partial charge in [-0.15, -0.1) is 0 Å². The lowest BCUT2D eigenvalue weighted by Gasteiger charge is -2.17. The highest BCUT2D eigenvalue weighted by molar-refractivity contribution is 6.08. The molecule has 1 aliphatic heterocycles. The Kier molecular flexibility index (Phi) is 5.65. The summed E-state index contributed by atoms with van der Waals surface area (Å²) < 4.78 is 36.2. The standard InChI is InChI=1S/C22H24F2N2O3/c1-2-3-4-5-10-26-13-14(11-19(26)27)15-6-7-18(29-22(23)24)21-20(15)16-12-25-9-8-17(16)28-21/h6-9,12,14,22H,2-5,10-11,13H2,1H3. The third-order valence-corrected chi connectivity index (χ3v) is 5.57. The molecule has 154 valence electrons. The lowest BCUT2D eigenvalue weighted by atomic mass is 9.93. The average Bonchev–Trinajstić information content (AvgIpc) is 3.26. The van der Waals surface area contributed by atoms with Crippen LogP contribution in [0.3, 0.4) is 0 Å². The summed E-state index contributed by atoms with van der Waals surface area (Å²) in [5, 5.41) is 1.45. The maximum atomic E-state index is 12.9. The Morgan fingerprint density at radius 2 is 2.14 bits per heavy atom. The van der Waals surface area contributed by atoms with Crippen molar-refractivity contribution in [3.63, 3.8) is 0 Å². The first kappa shape index (κ1) is 19.6. The molecule has 0 spiro atoms. The number of likely N-dealkylation sites (tertiary alicyclic amines) is 1. The lowest BCUT2D eigenvalue weighted by Crippen LogP contribution is -2.26. The second-order valence-electron chi connectivity index (χ2n) is 7.51. The van der Waals surface area contributed by atoms with Gasteiger partial charge in [-0.3, -0.25) is 9.78 Å². The van der Waals surface area contributed by atoms with Gasteiger partial charge in [0.25, 0.3) is 0 Å². The van der Waals surface area contributed by atoms with Crippen LogP contribution in [0.1, 0.15) is 50.5 Å². The lowest BCUT2D eigenvalue weighted by molar-refractivity contribution is -0.127. The first-order valence-corrected chi connectivity index (χ1v) is 10.1. The number of halogens is 2. The minimum atomic E-state index is -2.94. The van der Waals surface area contributed by atoms with Crippen LogP contribution >= 0.6 is 0 Å². The number of alkyl halides is 2. The molecule has 1 saturated heterocycles. The van der Waals surface area contributed by atoms with Crippen LogP contribution in [-0.2, 0) is 4.79 Å². The number of rotatable bonds is 8. The summed E-state index contributed by atoms with van der Waals surface area (Å²) in [5.74, 6) is 0.118. The van der Waals surface area contributed by atoms with E-state index in [-0.39, 0.29) is 23.2 Å². The summed E-state index contributed by atoms with van der Waals surface area (Å²) in [6, 6.07) is 4.99. The summed E-state index contributed by atoms with van der Waals surface area (Å²) in [6.45, 7) is 0.608. The molecule has 3 heterocycles. The van der Waals surface area contributed by atoms with Crippen molar-refractivity contribution in [1.82, 2.24) is 9.88 Å². The second kappa shape index (κ2) is 8.35. The third-order valence-electron chi connectivity index (χ3n) is 5.57. The van der Waals surface area contributed by atoms with E-state index in [0.717, 1.165) is 36.8 Å². The van der Waals surface area contributed by atoms with Crippen molar-refractivity contribution in [3.8, 4) is 5.75 Å². The topological polar surface area (TPSA) is 55.6 Å². The molecular weight excluding hydrogens is 378 g/mol. The molecule has 1 fully saturated rings. The van der Waals surface area contributed by atoms with Crippen molar-refractivity contribution >= 4 is 27.8 Å². The number of carbonyl (C=O) groups is 1. The average molecular weight is 402 g/mol. The molecular formula is C22H24F2N2O3. The number of hydrogen-bond acceptors (Lipinski definition) is 4. The summed E-state index contributed by atoms with van der Waals surface area (Å²) >= 11 is 0. The van der Waals surface area contributed by atoms with E-state index in [9.17, 15) is 13.6 Å². The van der Waals surface area contributed by atoms with Crippen LogP contribution in [0.2, 0.25) is 0 Å². The van der Waals surface area contributed by atoms with Gasteiger partial charge in [0.2, 0.25) is 5.91 Å². The van der Waals surface area contributed by atoms with Gasteiger partial charge in [0, 0.05) is 48.6 Å². The second-order valence-corrected chi connectivity index (χ2v) is 7.51. The number of aromatic nitrogens is 1. The molecule has 4 rings (SSSR count). The van der Waals surface area contributed by atoms with Gasteiger partial charge in [0.05, 0.1) is 0 Å². The van der Waals surface area contributed by atoms with Gasteiger partial charge in [-0.25, -0.2) is 0 Å². The van der Waals surface area contributed by atoms with Crippen molar-refractivity contribution in [1.29, 1.82) is 0 Å². The molecule has 1 unspecified atom stereocenters. The fourth-order valence-electron chi connectivity index (χ4n) is 4.18. The summed E-state index contributed by atoms with van der Waals surface area (Å²) in [5.41, 5.74) is 1.75. The maximum Gasteiger partial charge on any atom is 0.387 e. The Balaban J connectivity index is 1.68. The number of unbranched alkanes of at least 4 members (excludes halogenated alkanes) is 3. The number of hydrogen-bond donors (Lipinski definition) is 0. The zero-order valence-corrected chi connectivity index (χ0v) is 16.4. The van der Waals surface area contributed by atoms with Crippen LogP contribution in [0, 0.1) is 0 Å². The molecule has 7 heteroatoms. The van der Waals surface area contributed by atoms with E-state index in [1.165, 1.54) is 12.5 Å². The normalized spacial score (nSPS) is 17.2. The van der Waals surface area contributed by atoms with Gasteiger partial charge in [-0.2, -0.15) is 8.78 Å². The van der Waals surface area contributed by atoms with E-state index in [4.69, 9.17) is 4.42 Å². The molecule has 0 N–H and O–H groups in total. The predicted molar refractivity (Wildman–Crippen MR) is 106 cm³/mol. The van der Waals surface area contributed by atoms with Gasteiger partial charge in [-0.05, 0) is 24.1 Å². The van der Waals surface area contributed by atoms with Crippen LogP contribution in [-0.4, -0.2) is 35.5 Å². The molecule has 0 radical (unpaired) electrons. The zero-order valence-electron chi connectivity index (χ0n) is 16.4. The molecule has 0 bridgehead atoms. The highest BCUT2D eigenvalue weighted by Gasteiger charge is 2.32. The number of benzene rings is 1. The summed E-state index contributed by atoms with van der Waals surface area (Å²) in [4.78, 5) is 18.6. The number of amides is 1. The fraction of sp³-hybridized carbons (Fsp3) is 0.455. The van der Waals surface area contributed by atoms with Crippen molar-refractivity contribution in [2.24, 2.45) is 0 Å². The van der Waals surface area contributed by atoms with E-state index >= 15 is 0 Å².